The molecule has 1 heterocycles. The maximum atomic E-state index is 13.8. The van der Waals surface area contributed by atoms with E-state index in [1.807, 2.05) is 0 Å². The number of benzene rings is 4. The van der Waals surface area contributed by atoms with Gasteiger partial charge in [0.1, 0.15) is 24.2 Å². The Morgan fingerprint density at radius 3 is 1.53 bits per heavy atom. The van der Waals surface area contributed by atoms with Crippen LogP contribution >= 0.6 is 31.9 Å². The number of carbonyl (C=O) groups excluding carboxylic acids is 4. The highest BCUT2D eigenvalue weighted by Crippen LogP contribution is 2.32. The molecule has 57 heavy (non-hydrogen) atoms. The Bertz CT molecular complexity index is 2030. The fourth-order valence-electron chi connectivity index (χ4n) is 5.49. The van der Waals surface area contributed by atoms with Crippen LogP contribution in [0.4, 0.5) is 0 Å². The van der Waals surface area contributed by atoms with E-state index in [-0.39, 0.29) is 11.1 Å². The lowest BCUT2D eigenvalue weighted by Gasteiger charge is -2.44. The molecule has 1 fully saturated rings. The summed E-state index contributed by atoms with van der Waals surface area (Å²) in [5.41, 5.74) is 1.69. The Morgan fingerprint density at radius 2 is 1.07 bits per heavy atom. The van der Waals surface area contributed by atoms with Crippen molar-refractivity contribution in [2.45, 2.75) is 50.7 Å². The second-order valence-electron chi connectivity index (χ2n) is 12.7. The number of ether oxygens (including phenoxy) is 8. The lowest BCUT2D eigenvalue weighted by atomic mass is 9.97. The van der Waals surface area contributed by atoms with Gasteiger partial charge in [0.15, 0.2) is 24.6 Å². The summed E-state index contributed by atoms with van der Waals surface area (Å²) in [6, 6.07) is 26.7. The smallest absolute Gasteiger partial charge is 0.338 e. The molecule has 4 aromatic carbocycles. The van der Waals surface area contributed by atoms with Crippen molar-refractivity contribution in [3.8, 4) is 11.5 Å². The summed E-state index contributed by atoms with van der Waals surface area (Å²) in [5.74, 6) is -1.94. The second kappa shape index (κ2) is 20.8. The lowest BCUT2D eigenvalue weighted by Crippen LogP contribution is -2.63. The third kappa shape index (κ3) is 12.6. The molecule has 1 saturated heterocycles. The average Bonchev–Trinajstić information content (AvgIpc) is 3.21. The van der Waals surface area contributed by atoms with E-state index in [2.05, 4.69) is 31.9 Å². The van der Waals surface area contributed by atoms with Crippen molar-refractivity contribution in [2.24, 2.45) is 0 Å². The first-order valence-corrected chi connectivity index (χ1v) is 19.3. The Labute approximate surface area is 346 Å². The first-order chi connectivity index (χ1) is 27.4. The van der Waals surface area contributed by atoms with E-state index in [4.69, 9.17) is 37.9 Å². The van der Waals surface area contributed by atoms with Crippen molar-refractivity contribution >= 4 is 67.9 Å². The molecule has 0 bridgehead atoms. The third-order valence-corrected chi connectivity index (χ3v) is 9.40. The minimum Gasteiger partial charge on any atom is -0.497 e. The molecule has 0 aliphatic carbocycles. The van der Waals surface area contributed by atoms with Crippen molar-refractivity contribution in [2.75, 3.05) is 20.8 Å². The largest absolute Gasteiger partial charge is 0.497 e. The van der Waals surface area contributed by atoms with E-state index in [9.17, 15) is 19.2 Å². The molecule has 4 aromatic rings. The zero-order valence-corrected chi connectivity index (χ0v) is 34.5. The van der Waals surface area contributed by atoms with Gasteiger partial charge in [0.25, 0.3) is 0 Å². The molecule has 12 nitrogen and oxygen atoms in total. The molecule has 1 aliphatic heterocycles. The fourth-order valence-corrected chi connectivity index (χ4v) is 6.02. The van der Waals surface area contributed by atoms with Gasteiger partial charge in [-0.2, -0.15) is 0 Å². The summed E-state index contributed by atoms with van der Waals surface area (Å²) < 4.78 is 47.9. The van der Waals surface area contributed by atoms with Crippen molar-refractivity contribution in [1.82, 2.24) is 0 Å². The second-order valence-corrected chi connectivity index (χ2v) is 14.6. The predicted molar refractivity (Wildman–Crippen MR) is 216 cm³/mol. The van der Waals surface area contributed by atoms with Gasteiger partial charge in [-0.1, -0.05) is 56.1 Å². The minimum absolute atomic E-state index is 0.153. The van der Waals surface area contributed by atoms with Crippen LogP contribution in [-0.2, 0) is 38.0 Å². The first-order valence-electron chi connectivity index (χ1n) is 17.7. The van der Waals surface area contributed by atoms with Gasteiger partial charge in [-0.3, -0.25) is 0 Å². The highest BCUT2D eigenvalue weighted by atomic mass is 79.9. The van der Waals surface area contributed by atoms with Crippen LogP contribution in [0.5, 0.6) is 11.5 Å². The number of methoxy groups -OCH3 is 2. The minimum atomic E-state index is -1.53. The Hall–Kier alpha value is -5.28. The van der Waals surface area contributed by atoms with Gasteiger partial charge in [-0.15, -0.1) is 0 Å². The molecule has 0 radical (unpaired) electrons. The standard InChI is InChI=1S/C43H40Br2O12/c1-26(2)53-43-40(57-42(49)30-13-17-32(45)18-14-30)39(56-41(48)29-11-15-31(44)16-12-29)38(55-37(47)24-10-28-7-21-34(51-4)22-8-28)35(54-43)25-52-36(46)23-9-27-5-19-33(50-3)20-6-27/h5-24,26,35,38-40,43H,25H2,1-4H3/b23-9+,24-10+/t35-,38-,39+,40-,43-/m1/s1. The van der Waals surface area contributed by atoms with Crippen LogP contribution in [0.15, 0.2) is 118 Å². The van der Waals surface area contributed by atoms with Crippen LogP contribution in [0.25, 0.3) is 12.2 Å². The van der Waals surface area contributed by atoms with E-state index < -0.39 is 67.3 Å². The molecule has 0 saturated carbocycles. The van der Waals surface area contributed by atoms with Crippen molar-refractivity contribution < 1.29 is 57.1 Å². The maximum Gasteiger partial charge on any atom is 0.338 e. The number of halogens is 2. The Kier molecular flexibility index (Phi) is 15.6. The fraction of sp³-hybridized carbons (Fsp3) is 0.256. The van der Waals surface area contributed by atoms with E-state index in [0.29, 0.717) is 22.6 Å². The zero-order chi connectivity index (χ0) is 40.9. The summed E-state index contributed by atoms with van der Waals surface area (Å²) in [6.07, 6.45) is -2.19. The maximum absolute atomic E-state index is 13.8. The van der Waals surface area contributed by atoms with Crippen LogP contribution in [0.1, 0.15) is 45.7 Å². The van der Waals surface area contributed by atoms with E-state index in [0.717, 1.165) is 8.95 Å². The topological polar surface area (TPSA) is 142 Å². The molecule has 0 amide bonds. The first kappa shape index (κ1) is 42.9. The molecule has 1 aliphatic rings. The van der Waals surface area contributed by atoms with Gasteiger partial charge in [-0.25, -0.2) is 19.2 Å². The van der Waals surface area contributed by atoms with Gasteiger partial charge in [0.05, 0.1) is 31.5 Å². The molecule has 0 unspecified atom stereocenters. The molecule has 5 atom stereocenters. The Balaban J connectivity index is 1.50. The highest BCUT2D eigenvalue weighted by molar-refractivity contribution is 9.10. The molecule has 0 spiro atoms. The molecule has 0 N–H and O–H groups in total. The molecule has 14 heteroatoms. The van der Waals surface area contributed by atoms with Gasteiger partial charge in [0.2, 0.25) is 0 Å². The number of esters is 4. The average molecular weight is 909 g/mol. The third-order valence-electron chi connectivity index (χ3n) is 8.34. The van der Waals surface area contributed by atoms with Gasteiger partial charge in [-0.05, 0) is 110 Å². The number of hydrogen-bond donors (Lipinski definition) is 0. The number of hydrogen-bond acceptors (Lipinski definition) is 12. The molecule has 5 rings (SSSR count). The van der Waals surface area contributed by atoms with Crippen molar-refractivity contribution in [3.63, 3.8) is 0 Å². The van der Waals surface area contributed by atoms with Gasteiger partial charge < -0.3 is 37.9 Å². The summed E-state index contributed by atoms with van der Waals surface area (Å²) in [6.45, 7) is 2.98. The van der Waals surface area contributed by atoms with Crippen LogP contribution in [-0.4, -0.2) is 81.5 Å². The van der Waals surface area contributed by atoms with E-state index >= 15 is 0 Å². The zero-order valence-electron chi connectivity index (χ0n) is 31.4. The van der Waals surface area contributed by atoms with Crippen LogP contribution in [0.3, 0.4) is 0 Å². The predicted octanol–water partition coefficient (Wildman–Crippen LogP) is 8.01. The summed E-state index contributed by atoms with van der Waals surface area (Å²) in [5, 5.41) is 0. The SMILES string of the molecule is COc1ccc(/C=C/C(=O)OC[C@H]2O[C@@H](OC(C)C)[C@H](OC(=O)c3ccc(Br)cc3)[C@@H](OC(=O)c3ccc(Br)cc3)[C@@H]2OC(=O)/C=C/c2ccc(OC)cc2)cc1. The van der Waals surface area contributed by atoms with E-state index in [1.54, 1.807) is 119 Å². The van der Waals surface area contributed by atoms with Gasteiger partial charge in [0, 0.05) is 21.1 Å². The monoisotopic (exact) mass is 906 g/mol. The lowest BCUT2D eigenvalue weighted by molar-refractivity contribution is -0.308. The Morgan fingerprint density at radius 1 is 0.614 bits per heavy atom. The van der Waals surface area contributed by atoms with E-state index in [1.165, 1.54) is 30.4 Å². The van der Waals surface area contributed by atoms with Crippen molar-refractivity contribution in [1.29, 1.82) is 0 Å². The highest BCUT2D eigenvalue weighted by Gasteiger charge is 2.53. The summed E-state index contributed by atoms with van der Waals surface area (Å²) >= 11 is 6.72. The van der Waals surface area contributed by atoms with Crippen LogP contribution in [0, 0.1) is 0 Å². The van der Waals surface area contributed by atoms with Crippen LogP contribution < -0.4 is 9.47 Å². The van der Waals surface area contributed by atoms with Crippen molar-refractivity contribution in [3.05, 3.63) is 140 Å². The molecule has 298 valence electrons. The molecular formula is C43H40Br2O12. The molecular weight excluding hydrogens is 868 g/mol. The normalized spacial score (nSPS) is 19.2. The van der Waals surface area contributed by atoms with Crippen LogP contribution in [0.2, 0.25) is 0 Å². The summed E-state index contributed by atoms with van der Waals surface area (Å²) in [7, 11) is 3.09. The molecule has 0 aromatic heterocycles. The summed E-state index contributed by atoms with van der Waals surface area (Å²) in [4.78, 5) is 54.0. The quantitative estimate of drug-likeness (QED) is 0.0648. The number of rotatable bonds is 15. The van der Waals surface area contributed by atoms with Gasteiger partial charge >= 0.3 is 23.9 Å². The number of carbonyl (C=O) groups is 4.